The van der Waals surface area contributed by atoms with Crippen LogP contribution in [0.25, 0.3) is 155 Å². The summed E-state index contributed by atoms with van der Waals surface area (Å²) in [5, 5.41) is 7.37. The Morgan fingerprint density at radius 3 is 0.598 bits per heavy atom. The molecule has 0 fully saturated rings. The lowest BCUT2D eigenvalue weighted by molar-refractivity contribution is 1.56. The second-order valence-corrected chi connectivity index (χ2v) is 21.5. The second-order valence-electron chi connectivity index (χ2n) is 21.5. The zero-order valence-electron chi connectivity index (χ0n) is 45.2. The Bertz CT molecular complexity index is 4460. The van der Waals surface area contributed by atoms with Gasteiger partial charge in [-0.05, 0) is 221 Å². The third kappa shape index (κ3) is 8.94. The van der Waals surface area contributed by atoms with Crippen LogP contribution in [0, 0.1) is 0 Å². The molecular formula is C82H54. The van der Waals surface area contributed by atoms with Crippen molar-refractivity contribution in [2.75, 3.05) is 0 Å². The summed E-state index contributed by atoms with van der Waals surface area (Å²) >= 11 is 0. The third-order valence-corrected chi connectivity index (χ3v) is 16.6. The van der Waals surface area contributed by atoms with E-state index in [1.807, 2.05) is 0 Å². The quantitative estimate of drug-likeness (QED) is 0.113. The molecule has 0 N–H and O–H groups in total. The summed E-state index contributed by atoms with van der Waals surface area (Å²) in [6.07, 6.45) is 0. The molecule has 0 aliphatic rings. The zero-order chi connectivity index (χ0) is 54.3. The Morgan fingerprint density at radius 1 is 0.110 bits per heavy atom. The Morgan fingerprint density at radius 2 is 0.317 bits per heavy atom. The molecule has 0 aliphatic carbocycles. The molecule has 0 spiro atoms. The van der Waals surface area contributed by atoms with E-state index in [0.29, 0.717) is 0 Å². The van der Waals surface area contributed by atoms with Crippen molar-refractivity contribution in [3.63, 3.8) is 0 Å². The van der Waals surface area contributed by atoms with E-state index in [0.717, 1.165) is 0 Å². The molecular weight excluding hydrogens is 985 g/mol. The molecule has 82 heavy (non-hydrogen) atoms. The van der Waals surface area contributed by atoms with Gasteiger partial charge < -0.3 is 0 Å². The summed E-state index contributed by atoms with van der Waals surface area (Å²) in [5.41, 5.74) is 26.0. The third-order valence-electron chi connectivity index (χ3n) is 16.6. The number of rotatable bonds is 11. The van der Waals surface area contributed by atoms with Crippen LogP contribution < -0.4 is 0 Å². The predicted octanol–water partition coefficient (Wildman–Crippen LogP) is 22.9. The molecule has 0 heterocycles. The Labute approximate surface area is 479 Å². The standard InChI is InChI=1S/C82H54/c1-8-24-55(25-9-1)62-44-63(56-26-10-2-11-27-56)48-68(47-62)77-53-78(69-49-64(57-28-12-3-13-29-57)45-65(50-69)58-30-14-4-15-31-58)74-42-43-76-80(72-39-23-22-38-71(72)61-36-20-7-21-37-61)54-79(75-41-40-73(77)81(74)82(75)76)70-51-66(59-32-16-5-17-33-59)46-67(52-70)60-34-18-6-19-35-60/h1-54H. The molecule has 0 radical (unpaired) electrons. The van der Waals surface area contributed by atoms with Gasteiger partial charge in [0.2, 0.25) is 0 Å². The van der Waals surface area contributed by atoms with Gasteiger partial charge in [0, 0.05) is 0 Å². The SMILES string of the molecule is c1ccc(-c2cc(-c3ccccc3)cc(-c3cc(-c4cc(-c5ccccc5)cc(-c5ccccc5)c4)c4ccc5c(-c6ccccc6-c6ccccc6)cc(-c6cc(-c7ccccc7)cc(-c7ccccc7)c6)c6ccc3c4c65)c2)cc1. The molecule has 382 valence electrons. The molecule has 0 saturated carbocycles. The van der Waals surface area contributed by atoms with Crippen LogP contribution in [0.2, 0.25) is 0 Å². The van der Waals surface area contributed by atoms with E-state index >= 15 is 0 Å². The average Bonchev–Trinajstić information content (AvgIpc) is 3.02. The fourth-order valence-electron chi connectivity index (χ4n) is 12.7. The van der Waals surface area contributed by atoms with E-state index in [1.54, 1.807) is 0 Å². The van der Waals surface area contributed by atoms with E-state index in [4.69, 9.17) is 0 Å². The van der Waals surface area contributed by atoms with Gasteiger partial charge in [0.1, 0.15) is 0 Å². The molecule has 15 aromatic rings. The molecule has 0 atom stereocenters. The fraction of sp³-hybridized carbons (Fsp3) is 0. The first-order valence-electron chi connectivity index (χ1n) is 28.4. The highest BCUT2D eigenvalue weighted by molar-refractivity contribution is 6.32. The molecule has 15 aromatic carbocycles. The van der Waals surface area contributed by atoms with E-state index in [-0.39, 0.29) is 0 Å². The normalized spacial score (nSPS) is 11.4. The van der Waals surface area contributed by atoms with Gasteiger partial charge in [0.25, 0.3) is 0 Å². The van der Waals surface area contributed by atoms with Crippen LogP contribution >= 0.6 is 0 Å². The van der Waals surface area contributed by atoms with Gasteiger partial charge in [-0.3, -0.25) is 0 Å². The van der Waals surface area contributed by atoms with Crippen molar-refractivity contribution in [2.45, 2.75) is 0 Å². The number of hydrogen-bond donors (Lipinski definition) is 0. The Kier molecular flexibility index (Phi) is 12.3. The maximum absolute atomic E-state index is 2.50. The van der Waals surface area contributed by atoms with E-state index in [1.165, 1.54) is 155 Å². The summed E-state index contributed by atoms with van der Waals surface area (Å²) in [4.78, 5) is 0. The Balaban J connectivity index is 1.10. The van der Waals surface area contributed by atoms with Crippen LogP contribution in [0.1, 0.15) is 0 Å². The fourth-order valence-corrected chi connectivity index (χ4v) is 12.7. The molecule has 0 heteroatoms. The van der Waals surface area contributed by atoms with Crippen molar-refractivity contribution in [1.82, 2.24) is 0 Å². The maximum Gasteiger partial charge on any atom is -0.00139 e. The zero-order valence-corrected chi connectivity index (χ0v) is 45.2. The first-order chi connectivity index (χ1) is 40.6. The molecule has 15 rings (SSSR count). The van der Waals surface area contributed by atoms with Crippen LogP contribution in [0.3, 0.4) is 0 Å². The monoisotopic (exact) mass is 1040 g/mol. The van der Waals surface area contributed by atoms with Crippen LogP contribution in [0.4, 0.5) is 0 Å². The lowest BCUT2D eigenvalue weighted by Gasteiger charge is -2.23. The highest BCUT2D eigenvalue weighted by Crippen LogP contribution is 2.51. The summed E-state index contributed by atoms with van der Waals surface area (Å²) in [6.45, 7) is 0. The van der Waals surface area contributed by atoms with Gasteiger partial charge in [-0.25, -0.2) is 0 Å². The number of hydrogen-bond acceptors (Lipinski definition) is 0. The van der Waals surface area contributed by atoms with Crippen molar-refractivity contribution < 1.29 is 0 Å². The minimum atomic E-state index is 1.17. The van der Waals surface area contributed by atoms with Crippen molar-refractivity contribution in [3.8, 4) is 122 Å². The van der Waals surface area contributed by atoms with Crippen LogP contribution in [0.15, 0.2) is 328 Å². The highest BCUT2D eigenvalue weighted by atomic mass is 14.3. The smallest absolute Gasteiger partial charge is 0.00139 e. The van der Waals surface area contributed by atoms with Crippen LogP contribution in [-0.2, 0) is 0 Å². The van der Waals surface area contributed by atoms with Gasteiger partial charge in [0.05, 0.1) is 0 Å². The van der Waals surface area contributed by atoms with Crippen molar-refractivity contribution in [2.24, 2.45) is 0 Å². The van der Waals surface area contributed by atoms with E-state index in [9.17, 15) is 0 Å². The van der Waals surface area contributed by atoms with Gasteiger partial charge in [-0.1, -0.05) is 261 Å². The van der Waals surface area contributed by atoms with Crippen LogP contribution in [0.5, 0.6) is 0 Å². The molecule has 0 amide bonds. The lowest BCUT2D eigenvalue weighted by atomic mass is 9.80. The minimum Gasteiger partial charge on any atom is -0.0622 e. The molecule has 0 aromatic heterocycles. The van der Waals surface area contributed by atoms with E-state index in [2.05, 4.69) is 328 Å². The van der Waals surface area contributed by atoms with Crippen molar-refractivity contribution >= 4 is 32.3 Å². The number of benzene rings is 15. The first-order valence-corrected chi connectivity index (χ1v) is 28.4. The van der Waals surface area contributed by atoms with Crippen molar-refractivity contribution in [1.29, 1.82) is 0 Å². The first kappa shape index (κ1) is 48.5. The summed E-state index contributed by atoms with van der Waals surface area (Å²) in [6, 6.07) is 121. The second kappa shape index (κ2) is 20.9. The summed E-state index contributed by atoms with van der Waals surface area (Å²) in [5.74, 6) is 0. The molecule has 0 nitrogen and oxygen atoms in total. The highest BCUT2D eigenvalue weighted by Gasteiger charge is 2.24. The molecule has 0 unspecified atom stereocenters. The lowest BCUT2D eigenvalue weighted by Crippen LogP contribution is -1.96. The molecule has 0 bridgehead atoms. The predicted molar refractivity (Wildman–Crippen MR) is 350 cm³/mol. The van der Waals surface area contributed by atoms with Gasteiger partial charge in [-0.2, -0.15) is 0 Å². The van der Waals surface area contributed by atoms with Gasteiger partial charge >= 0.3 is 0 Å². The van der Waals surface area contributed by atoms with E-state index < -0.39 is 0 Å². The summed E-state index contributed by atoms with van der Waals surface area (Å²) < 4.78 is 0. The largest absolute Gasteiger partial charge is 0.0622 e. The summed E-state index contributed by atoms with van der Waals surface area (Å²) in [7, 11) is 0. The minimum absolute atomic E-state index is 1.17. The maximum atomic E-state index is 2.50. The Hall–Kier alpha value is -10.7. The molecule has 0 saturated heterocycles. The average molecular weight is 1040 g/mol. The van der Waals surface area contributed by atoms with Gasteiger partial charge in [0.15, 0.2) is 0 Å². The van der Waals surface area contributed by atoms with Crippen LogP contribution in [-0.4, -0.2) is 0 Å². The van der Waals surface area contributed by atoms with Crippen molar-refractivity contribution in [3.05, 3.63) is 328 Å². The molecule has 0 aliphatic heterocycles. The topological polar surface area (TPSA) is 0 Å². The van der Waals surface area contributed by atoms with Gasteiger partial charge in [-0.15, -0.1) is 0 Å².